The lowest BCUT2D eigenvalue weighted by atomic mass is 10.1. The molecule has 6 nitrogen and oxygen atoms in total. The van der Waals surface area contributed by atoms with Crippen molar-refractivity contribution in [2.45, 2.75) is 13.5 Å². The lowest BCUT2D eigenvalue weighted by Gasteiger charge is -2.12. The summed E-state index contributed by atoms with van der Waals surface area (Å²) in [4.78, 5) is 39.4. The third-order valence-electron chi connectivity index (χ3n) is 5.12. The molecule has 0 radical (unpaired) electrons. The molecule has 0 aliphatic carbocycles. The third-order valence-corrected chi connectivity index (χ3v) is 6.96. The summed E-state index contributed by atoms with van der Waals surface area (Å²) in [6, 6.07) is 19.8. The van der Waals surface area contributed by atoms with Crippen molar-refractivity contribution in [1.82, 2.24) is 4.90 Å². The van der Waals surface area contributed by atoms with E-state index in [1.54, 1.807) is 36.4 Å². The molecule has 1 saturated heterocycles. The number of rotatable bonds is 6. The highest BCUT2D eigenvalue weighted by atomic mass is 127. The Labute approximate surface area is 215 Å². The molecular weight excluding hydrogens is 565 g/mol. The fourth-order valence-electron chi connectivity index (χ4n) is 3.30. The second-order valence-electron chi connectivity index (χ2n) is 7.53. The summed E-state index contributed by atoms with van der Waals surface area (Å²) in [5, 5.41) is -0.313. The van der Waals surface area contributed by atoms with Crippen LogP contribution in [0, 0.1) is 10.5 Å². The van der Waals surface area contributed by atoms with Gasteiger partial charge in [0.25, 0.3) is 11.1 Å². The molecule has 0 unspecified atom stereocenters. The van der Waals surface area contributed by atoms with E-state index in [1.165, 1.54) is 12.0 Å². The van der Waals surface area contributed by atoms with Gasteiger partial charge in [-0.3, -0.25) is 14.5 Å². The average Bonchev–Trinajstić information content (AvgIpc) is 3.08. The van der Waals surface area contributed by atoms with Crippen LogP contribution in [0.5, 0.6) is 11.5 Å². The first-order chi connectivity index (χ1) is 16.4. The Balaban J connectivity index is 1.52. The predicted octanol–water partition coefficient (Wildman–Crippen LogP) is 6.06. The monoisotopic (exact) mass is 585 g/mol. The van der Waals surface area contributed by atoms with Crippen LogP contribution in [0.3, 0.4) is 0 Å². The normalized spacial score (nSPS) is 14.6. The van der Waals surface area contributed by atoms with Crippen LogP contribution in [0.4, 0.5) is 4.79 Å². The van der Waals surface area contributed by atoms with Gasteiger partial charge in [-0.25, -0.2) is 4.79 Å². The van der Waals surface area contributed by atoms with E-state index in [4.69, 9.17) is 9.47 Å². The Morgan fingerprint density at radius 3 is 2.47 bits per heavy atom. The molecule has 1 aliphatic heterocycles. The zero-order valence-electron chi connectivity index (χ0n) is 18.4. The largest absolute Gasteiger partial charge is 0.493 e. The highest BCUT2D eigenvalue weighted by molar-refractivity contribution is 14.1. The lowest BCUT2D eigenvalue weighted by molar-refractivity contribution is -0.123. The van der Waals surface area contributed by atoms with E-state index in [1.807, 2.05) is 43.3 Å². The van der Waals surface area contributed by atoms with Gasteiger partial charge in [-0.2, -0.15) is 0 Å². The predicted molar refractivity (Wildman–Crippen MR) is 140 cm³/mol. The molecule has 3 aromatic rings. The van der Waals surface area contributed by atoms with Gasteiger partial charge in [0.2, 0.25) is 0 Å². The fraction of sp³-hybridized carbons (Fsp3) is 0.115. The van der Waals surface area contributed by atoms with Gasteiger partial charge in [0.1, 0.15) is 0 Å². The molecule has 0 bridgehead atoms. The van der Waals surface area contributed by atoms with E-state index in [0.717, 1.165) is 26.5 Å². The molecule has 0 spiro atoms. The van der Waals surface area contributed by atoms with Gasteiger partial charge in [0, 0.05) is 3.57 Å². The number of carbonyl (C=O) groups excluding carboxylic acids is 3. The van der Waals surface area contributed by atoms with Gasteiger partial charge >= 0.3 is 5.97 Å². The zero-order chi connectivity index (χ0) is 24.2. The molecule has 0 atom stereocenters. The number of amides is 2. The second-order valence-corrected chi connectivity index (χ2v) is 9.69. The fourth-order valence-corrected chi connectivity index (χ4v) is 4.75. The van der Waals surface area contributed by atoms with Gasteiger partial charge < -0.3 is 9.47 Å². The Bertz CT molecular complexity index is 1300. The number of hydrogen-bond donors (Lipinski definition) is 0. The van der Waals surface area contributed by atoms with Crippen LogP contribution < -0.4 is 9.47 Å². The molecule has 172 valence electrons. The Morgan fingerprint density at radius 2 is 1.76 bits per heavy atom. The number of imide groups is 1. The number of thioether (sulfide) groups is 1. The molecule has 0 saturated carbocycles. The van der Waals surface area contributed by atoms with Gasteiger partial charge in [-0.05, 0) is 82.7 Å². The number of esters is 1. The Kier molecular flexibility index (Phi) is 7.38. The van der Waals surface area contributed by atoms with Crippen molar-refractivity contribution in [3.8, 4) is 11.5 Å². The van der Waals surface area contributed by atoms with Crippen LogP contribution in [0.1, 0.15) is 27.0 Å². The maximum atomic E-state index is 12.9. The highest BCUT2D eigenvalue weighted by Crippen LogP contribution is 2.35. The Hall–Kier alpha value is -3.11. The van der Waals surface area contributed by atoms with Crippen molar-refractivity contribution in [3.05, 3.63) is 97.5 Å². The number of halogens is 1. The van der Waals surface area contributed by atoms with E-state index >= 15 is 0 Å². The maximum Gasteiger partial charge on any atom is 0.344 e. The molecule has 0 aromatic heterocycles. The summed E-state index contributed by atoms with van der Waals surface area (Å²) < 4.78 is 11.7. The van der Waals surface area contributed by atoms with Crippen LogP contribution in [0.15, 0.2) is 71.6 Å². The van der Waals surface area contributed by atoms with E-state index in [9.17, 15) is 14.4 Å². The number of aryl methyl sites for hydroxylation is 1. The number of nitrogens with zero attached hydrogens (tertiary/aromatic N) is 1. The molecule has 1 fully saturated rings. The second kappa shape index (κ2) is 10.4. The van der Waals surface area contributed by atoms with Gasteiger partial charge in [0.15, 0.2) is 11.5 Å². The summed E-state index contributed by atoms with van der Waals surface area (Å²) in [6.45, 7) is 2.20. The van der Waals surface area contributed by atoms with Crippen LogP contribution in [0.2, 0.25) is 0 Å². The molecule has 0 N–H and O–H groups in total. The minimum atomic E-state index is -0.492. The smallest absolute Gasteiger partial charge is 0.344 e. The first-order valence-electron chi connectivity index (χ1n) is 10.3. The molecule has 1 aliphatic rings. The number of benzene rings is 3. The third kappa shape index (κ3) is 5.34. The maximum absolute atomic E-state index is 12.9. The van der Waals surface area contributed by atoms with Gasteiger partial charge in [0.05, 0.1) is 24.1 Å². The molecule has 1 heterocycles. The van der Waals surface area contributed by atoms with E-state index in [2.05, 4.69) is 22.6 Å². The SMILES string of the molecule is COc1cc(/C=C2\SC(=O)N(Cc3ccc(C)cc3)C2=O)ccc1OC(=O)c1ccccc1I. The number of hydrogen-bond acceptors (Lipinski definition) is 6. The average molecular weight is 585 g/mol. The number of methoxy groups -OCH3 is 1. The lowest BCUT2D eigenvalue weighted by Crippen LogP contribution is -2.27. The van der Waals surface area contributed by atoms with E-state index < -0.39 is 5.97 Å². The van der Waals surface area contributed by atoms with Crippen molar-refractivity contribution in [2.24, 2.45) is 0 Å². The molecule has 34 heavy (non-hydrogen) atoms. The van der Waals surface area contributed by atoms with Crippen LogP contribution >= 0.6 is 34.4 Å². The first kappa shape index (κ1) is 24.0. The minimum Gasteiger partial charge on any atom is -0.493 e. The number of carbonyl (C=O) groups is 3. The van der Waals surface area contributed by atoms with E-state index in [-0.39, 0.29) is 23.4 Å². The molecular formula is C26H20INO5S. The summed E-state index contributed by atoms with van der Waals surface area (Å²) in [7, 11) is 1.47. The highest BCUT2D eigenvalue weighted by Gasteiger charge is 2.35. The van der Waals surface area contributed by atoms with Crippen molar-refractivity contribution in [3.63, 3.8) is 0 Å². The van der Waals surface area contributed by atoms with Crippen LogP contribution in [-0.4, -0.2) is 29.1 Å². The van der Waals surface area contributed by atoms with Crippen LogP contribution in [-0.2, 0) is 11.3 Å². The topological polar surface area (TPSA) is 72.9 Å². The summed E-state index contributed by atoms with van der Waals surface area (Å²) in [5.74, 6) is -0.235. The van der Waals surface area contributed by atoms with Gasteiger partial charge in [-0.1, -0.05) is 48.0 Å². The van der Waals surface area contributed by atoms with Crippen molar-refractivity contribution < 1.29 is 23.9 Å². The standard InChI is InChI=1S/C26H20INO5S/c1-16-7-9-17(10-8-16)15-28-24(29)23(34-26(28)31)14-18-11-12-21(22(13-18)32-2)33-25(30)19-5-3-4-6-20(19)27/h3-14H,15H2,1-2H3/b23-14-. The summed E-state index contributed by atoms with van der Waals surface area (Å²) in [6.07, 6.45) is 1.63. The molecule has 4 rings (SSSR count). The minimum absolute atomic E-state index is 0.221. The number of ether oxygens (including phenoxy) is 2. The van der Waals surface area contributed by atoms with Crippen LogP contribution in [0.25, 0.3) is 6.08 Å². The summed E-state index contributed by atoms with van der Waals surface area (Å²) >= 11 is 2.97. The quantitative estimate of drug-likeness (QED) is 0.152. The molecule has 8 heteroatoms. The van der Waals surface area contributed by atoms with Crippen molar-refractivity contribution in [2.75, 3.05) is 7.11 Å². The van der Waals surface area contributed by atoms with Crippen molar-refractivity contribution >= 4 is 57.5 Å². The first-order valence-corrected chi connectivity index (χ1v) is 12.2. The molecule has 3 aromatic carbocycles. The van der Waals surface area contributed by atoms with E-state index in [0.29, 0.717) is 21.8 Å². The van der Waals surface area contributed by atoms with Crippen molar-refractivity contribution in [1.29, 1.82) is 0 Å². The summed E-state index contributed by atoms with van der Waals surface area (Å²) in [5.41, 5.74) is 3.10. The molecule has 2 amide bonds. The Morgan fingerprint density at radius 1 is 1.03 bits per heavy atom. The zero-order valence-corrected chi connectivity index (χ0v) is 21.4. The van der Waals surface area contributed by atoms with Gasteiger partial charge in [-0.15, -0.1) is 0 Å².